The van der Waals surface area contributed by atoms with Crippen LogP contribution in [0, 0.1) is 0 Å². The zero-order chi connectivity index (χ0) is 19.7. The molecule has 0 amide bonds. The summed E-state index contributed by atoms with van der Waals surface area (Å²) in [7, 11) is 3.09. The van der Waals surface area contributed by atoms with Crippen LogP contribution in [0.25, 0.3) is 22.2 Å². The van der Waals surface area contributed by atoms with E-state index in [1.807, 2.05) is 12.3 Å². The fourth-order valence-corrected chi connectivity index (χ4v) is 3.82. The van der Waals surface area contributed by atoms with E-state index in [1.165, 1.54) is 11.8 Å². The normalized spacial score (nSPS) is 11.3. The second-order valence-electron chi connectivity index (χ2n) is 6.13. The second kappa shape index (κ2) is 8.09. The van der Waals surface area contributed by atoms with Crippen molar-refractivity contribution in [2.45, 2.75) is 24.9 Å². The number of halogens is 2. The van der Waals surface area contributed by atoms with E-state index in [0.29, 0.717) is 38.0 Å². The van der Waals surface area contributed by atoms with Gasteiger partial charge in [0.05, 0.1) is 41.2 Å². The van der Waals surface area contributed by atoms with Crippen molar-refractivity contribution >= 4 is 45.9 Å². The Bertz CT molecular complexity index is 984. The van der Waals surface area contributed by atoms with E-state index in [4.69, 9.17) is 37.7 Å². The molecule has 0 bridgehead atoms. The summed E-state index contributed by atoms with van der Waals surface area (Å²) in [5.41, 5.74) is 2.87. The molecule has 0 aliphatic rings. The Hall–Kier alpha value is -1.76. The van der Waals surface area contributed by atoms with Crippen molar-refractivity contribution in [1.29, 1.82) is 0 Å². The number of nitrogens with zero attached hydrogens (tertiary/aromatic N) is 3. The molecule has 0 spiro atoms. The van der Waals surface area contributed by atoms with E-state index in [1.54, 1.807) is 26.5 Å². The van der Waals surface area contributed by atoms with Gasteiger partial charge >= 0.3 is 0 Å². The van der Waals surface area contributed by atoms with Gasteiger partial charge < -0.3 is 9.47 Å². The van der Waals surface area contributed by atoms with Crippen LogP contribution in [-0.4, -0.2) is 35.4 Å². The van der Waals surface area contributed by atoms with Gasteiger partial charge in [-0.3, -0.25) is 4.98 Å². The largest absolute Gasteiger partial charge is 0.495 e. The highest BCUT2D eigenvalue weighted by atomic mass is 35.5. The van der Waals surface area contributed by atoms with Crippen molar-refractivity contribution in [2.24, 2.45) is 0 Å². The number of rotatable bonds is 5. The van der Waals surface area contributed by atoms with Gasteiger partial charge in [-0.1, -0.05) is 48.8 Å². The molecule has 0 saturated heterocycles. The Labute approximate surface area is 172 Å². The molecule has 0 atom stereocenters. The predicted molar refractivity (Wildman–Crippen MR) is 112 cm³/mol. The van der Waals surface area contributed by atoms with E-state index in [0.717, 1.165) is 16.6 Å². The Balaban J connectivity index is 2.36. The predicted octanol–water partition coefficient (Wildman–Crippen LogP) is 5.86. The fraction of sp³-hybridized carbons (Fsp3) is 0.316. The average molecular weight is 424 g/mol. The number of fused-ring (bicyclic) bond motifs is 1. The number of thioether (sulfide) groups is 1. The van der Waals surface area contributed by atoms with Crippen molar-refractivity contribution in [1.82, 2.24) is 15.0 Å². The molecule has 0 aliphatic heterocycles. The smallest absolute Gasteiger partial charge is 0.187 e. The first-order valence-electron chi connectivity index (χ1n) is 8.23. The Kier molecular flexibility index (Phi) is 5.99. The van der Waals surface area contributed by atoms with Crippen molar-refractivity contribution in [3.05, 3.63) is 34.1 Å². The average Bonchev–Trinajstić information content (AvgIpc) is 2.67. The number of methoxy groups -OCH3 is 2. The quantitative estimate of drug-likeness (QED) is 0.378. The van der Waals surface area contributed by atoms with Gasteiger partial charge in [0.2, 0.25) is 0 Å². The van der Waals surface area contributed by atoms with Crippen LogP contribution in [0.15, 0.2) is 23.5 Å². The first-order chi connectivity index (χ1) is 12.9. The van der Waals surface area contributed by atoms with Crippen molar-refractivity contribution in [3.8, 4) is 22.8 Å². The summed E-state index contributed by atoms with van der Waals surface area (Å²) in [6.07, 6.45) is 3.74. The molecule has 5 nitrogen and oxygen atoms in total. The number of hydrogen-bond acceptors (Lipinski definition) is 6. The van der Waals surface area contributed by atoms with Gasteiger partial charge in [-0.15, -0.1) is 0 Å². The lowest BCUT2D eigenvalue weighted by molar-refractivity contribution is 0.395. The van der Waals surface area contributed by atoms with E-state index in [-0.39, 0.29) is 5.92 Å². The first kappa shape index (κ1) is 20.0. The Morgan fingerprint density at radius 3 is 2.15 bits per heavy atom. The van der Waals surface area contributed by atoms with Crippen molar-refractivity contribution in [2.75, 3.05) is 20.5 Å². The van der Waals surface area contributed by atoms with Gasteiger partial charge in [0.15, 0.2) is 5.16 Å². The summed E-state index contributed by atoms with van der Waals surface area (Å²) >= 11 is 14.6. The molecule has 2 heterocycles. The summed E-state index contributed by atoms with van der Waals surface area (Å²) in [5, 5.41) is 2.34. The van der Waals surface area contributed by atoms with E-state index in [2.05, 4.69) is 23.8 Å². The van der Waals surface area contributed by atoms with Crippen LogP contribution in [0.3, 0.4) is 0 Å². The summed E-state index contributed by atoms with van der Waals surface area (Å²) < 4.78 is 10.7. The van der Waals surface area contributed by atoms with Crippen molar-refractivity contribution < 1.29 is 9.47 Å². The fourth-order valence-electron chi connectivity index (χ4n) is 2.79. The van der Waals surface area contributed by atoms with Gasteiger partial charge in [-0.2, -0.15) is 0 Å². The number of aromatic nitrogens is 3. The summed E-state index contributed by atoms with van der Waals surface area (Å²) in [4.78, 5) is 13.9. The lowest BCUT2D eigenvalue weighted by Gasteiger charge is -2.16. The third-order valence-electron chi connectivity index (χ3n) is 4.13. The highest BCUT2D eigenvalue weighted by Gasteiger charge is 2.22. The van der Waals surface area contributed by atoms with E-state index >= 15 is 0 Å². The van der Waals surface area contributed by atoms with Crippen LogP contribution in [0.5, 0.6) is 11.5 Å². The van der Waals surface area contributed by atoms with Crippen LogP contribution >= 0.6 is 35.0 Å². The number of hydrogen-bond donors (Lipinski definition) is 0. The molecule has 8 heteroatoms. The second-order valence-corrected chi connectivity index (χ2v) is 7.66. The third kappa shape index (κ3) is 3.66. The van der Waals surface area contributed by atoms with Gasteiger partial charge in [0.1, 0.15) is 11.5 Å². The molecule has 0 N–H and O–H groups in total. The highest BCUT2D eigenvalue weighted by molar-refractivity contribution is 7.98. The number of ether oxygens (including phenoxy) is 2. The molecular formula is C19H19Cl2N3O2S. The molecule has 3 aromatic rings. The Morgan fingerprint density at radius 2 is 1.63 bits per heavy atom. The Morgan fingerprint density at radius 1 is 1.00 bits per heavy atom. The summed E-state index contributed by atoms with van der Waals surface area (Å²) in [5.74, 6) is 1.09. The number of benzene rings is 1. The maximum Gasteiger partial charge on any atom is 0.187 e. The third-order valence-corrected chi connectivity index (χ3v) is 5.44. The molecule has 2 aromatic heterocycles. The molecule has 0 aliphatic carbocycles. The van der Waals surface area contributed by atoms with Gasteiger partial charge in [-0.25, -0.2) is 9.97 Å². The SMILES string of the molecule is COc1cc(OC)c(Cl)c(-c2cc3cnc(SC)nc3c(C(C)C)n2)c1Cl. The van der Waals surface area contributed by atoms with Crippen LogP contribution in [0.2, 0.25) is 10.0 Å². The van der Waals surface area contributed by atoms with Crippen LogP contribution in [0.4, 0.5) is 0 Å². The highest BCUT2D eigenvalue weighted by Crippen LogP contribution is 2.46. The minimum absolute atomic E-state index is 0.155. The maximum atomic E-state index is 6.57. The topological polar surface area (TPSA) is 57.1 Å². The molecule has 27 heavy (non-hydrogen) atoms. The van der Waals surface area contributed by atoms with Gasteiger partial charge in [0.25, 0.3) is 0 Å². The van der Waals surface area contributed by atoms with Crippen LogP contribution in [0.1, 0.15) is 25.5 Å². The van der Waals surface area contributed by atoms with Crippen LogP contribution in [-0.2, 0) is 0 Å². The zero-order valence-electron chi connectivity index (χ0n) is 15.6. The molecule has 0 fully saturated rings. The monoisotopic (exact) mass is 423 g/mol. The molecule has 1 aromatic carbocycles. The first-order valence-corrected chi connectivity index (χ1v) is 10.2. The maximum absolute atomic E-state index is 6.57. The lowest BCUT2D eigenvalue weighted by atomic mass is 10.0. The molecule has 3 rings (SSSR count). The van der Waals surface area contributed by atoms with E-state index in [9.17, 15) is 0 Å². The standard InChI is InChI=1S/C19H19Cl2N3O2S/c1-9(2)17-18-10(8-22-19(24-18)27-5)6-11(23-17)14-15(20)12(25-3)7-13(26-4)16(14)21/h6-9H,1-5H3. The summed E-state index contributed by atoms with van der Waals surface area (Å²) in [6.45, 7) is 4.14. The van der Waals surface area contributed by atoms with Crippen molar-refractivity contribution in [3.63, 3.8) is 0 Å². The molecule has 0 radical (unpaired) electrons. The van der Waals surface area contributed by atoms with Gasteiger partial charge in [-0.05, 0) is 18.2 Å². The molecule has 142 valence electrons. The zero-order valence-corrected chi connectivity index (χ0v) is 18.0. The molecule has 0 unspecified atom stereocenters. The van der Waals surface area contributed by atoms with Gasteiger partial charge in [0, 0.05) is 23.2 Å². The molecular weight excluding hydrogens is 405 g/mol. The lowest BCUT2D eigenvalue weighted by Crippen LogP contribution is -2.01. The number of pyridine rings is 1. The molecule has 0 saturated carbocycles. The van der Waals surface area contributed by atoms with Crippen LogP contribution < -0.4 is 9.47 Å². The summed E-state index contributed by atoms with van der Waals surface area (Å²) in [6, 6.07) is 3.55. The minimum Gasteiger partial charge on any atom is -0.495 e. The minimum atomic E-state index is 0.155. The van der Waals surface area contributed by atoms with E-state index < -0.39 is 0 Å².